The maximum absolute atomic E-state index is 12.6. The van der Waals surface area contributed by atoms with Crippen LogP contribution < -0.4 is 4.90 Å². The number of hydrogen-bond donors (Lipinski definition) is 1. The summed E-state index contributed by atoms with van der Waals surface area (Å²) in [6.07, 6.45) is 1.51. The van der Waals surface area contributed by atoms with E-state index in [1.54, 1.807) is 9.80 Å². The molecule has 2 fully saturated rings. The molecule has 0 unspecified atom stereocenters. The van der Waals surface area contributed by atoms with Crippen molar-refractivity contribution >= 4 is 23.5 Å². The molecule has 2 atom stereocenters. The number of rotatable bonds is 4. The average molecular weight is 330 g/mol. The second-order valence-corrected chi connectivity index (χ2v) is 6.50. The third kappa shape index (κ3) is 3.00. The van der Waals surface area contributed by atoms with E-state index in [4.69, 9.17) is 5.11 Å². The monoisotopic (exact) mass is 330 g/mol. The first-order chi connectivity index (χ1) is 11.5. The minimum absolute atomic E-state index is 0.0387. The molecule has 2 saturated heterocycles. The SMILES string of the molecule is CCc1ccccc1N1C[C@@H](C(=O)N2CC[C@@H](C(=O)O)C2)CC1=O. The highest BCUT2D eigenvalue weighted by atomic mass is 16.4. The standard InChI is InChI=1S/C18H22N2O4/c1-2-12-5-3-4-6-15(12)20-11-14(9-16(20)21)17(22)19-8-7-13(10-19)18(23)24/h3-6,13-14H,2,7-11H2,1H3,(H,23,24)/t13-,14+/m1/s1. The molecule has 0 radical (unpaired) electrons. The first-order valence-corrected chi connectivity index (χ1v) is 8.41. The third-order valence-electron chi connectivity index (χ3n) is 4.99. The van der Waals surface area contributed by atoms with Gasteiger partial charge in [0.1, 0.15) is 0 Å². The summed E-state index contributed by atoms with van der Waals surface area (Å²) in [5.74, 6) is -1.85. The first-order valence-electron chi connectivity index (χ1n) is 8.41. The fraction of sp³-hybridized carbons (Fsp3) is 0.500. The second kappa shape index (κ2) is 6.63. The van der Waals surface area contributed by atoms with Crippen LogP contribution in [0.4, 0.5) is 5.69 Å². The molecular formula is C18H22N2O4. The topological polar surface area (TPSA) is 77.9 Å². The lowest BCUT2D eigenvalue weighted by atomic mass is 10.1. The van der Waals surface area contributed by atoms with E-state index in [0.717, 1.165) is 17.7 Å². The number of aliphatic carboxylic acids is 1. The van der Waals surface area contributed by atoms with Crippen LogP contribution in [-0.2, 0) is 20.8 Å². The summed E-state index contributed by atoms with van der Waals surface area (Å²) in [6.45, 7) is 3.14. The van der Waals surface area contributed by atoms with E-state index in [2.05, 4.69) is 0 Å². The molecule has 1 aromatic rings. The smallest absolute Gasteiger partial charge is 0.308 e. The van der Waals surface area contributed by atoms with Crippen LogP contribution >= 0.6 is 0 Å². The summed E-state index contributed by atoms with van der Waals surface area (Å²) in [5.41, 5.74) is 1.97. The maximum Gasteiger partial charge on any atom is 0.308 e. The van der Waals surface area contributed by atoms with Crippen molar-refractivity contribution in [1.82, 2.24) is 4.90 Å². The number of amides is 2. The van der Waals surface area contributed by atoms with Crippen LogP contribution in [0.2, 0.25) is 0 Å². The molecule has 0 aliphatic carbocycles. The number of carboxylic acid groups (broad SMARTS) is 1. The van der Waals surface area contributed by atoms with Gasteiger partial charge in [0.2, 0.25) is 11.8 Å². The molecule has 1 aromatic carbocycles. The number of para-hydroxylation sites is 1. The summed E-state index contributed by atoms with van der Waals surface area (Å²) in [4.78, 5) is 39.4. The quantitative estimate of drug-likeness (QED) is 0.908. The summed E-state index contributed by atoms with van der Waals surface area (Å²) in [5, 5.41) is 9.07. The van der Waals surface area contributed by atoms with Gasteiger partial charge in [-0.1, -0.05) is 25.1 Å². The van der Waals surface area contributed by atoms with Gasteiger partial charge in [0.05, 0.1) is 11.8 Å². The predicted molar refractivity (Wildman–Crippen MR) is 88.6 cm³/mol. The normalized spacial score (nSPS) is 23.8. The molecule has 3 rings (SSSR count). The Morgan fingerprint density at radius 3 is 2.62 bits per heavy atom. The van der Waals surface area contributed by atoms with Crippen LogP contribution in [0.1, 0.15) is 25.3 Å². The van der Waals surface area contributed by atoms with Crippen molar-refractivity contribution in [1.29, 1.82) is 0 Å². The number of carboxylic acids is 1. The molecular weight excluding hydrogens is 308 g/mol. The number of benzene rings is 1. The average Bonchev–Trinajstić information content (AvgIpc) is 3.21. The van der Waals surface area contributed by atoms with E-state index < -0.39 is 11.9 Å². The van der Waals surface area contributed by atoms with Gasteiger partial charge in [0.15, 0.2) is 0 Å². The largest absolute Gasteiger partial charge is 0.481 e. The molecule has 6 nitrogen and oxygen atoms in total. The number of likely N-dealkylation sites (tertiary alicyclic amines) is 1. The van der Waals surface area contributed by atoms with Crippen LogP contribution in [0.15, 0.2) is 24.3 Å². The maximum atomic E-state index is 12.6. The lowest BCUT2D eigenvalue weighted by molar-refractivity contribution is -0.141. The van der Waals surface area contributed by atoms with Gasteiger partial charge in [-0.2, -0.15) is 0 Å². The van der Waals surface area contributed by atoms with Crippen molar-refractivity contribution in [3.8, 4) is 0 Å². The van der Waals surface area contributed by atoms with Gasteiger partial charge in [-0.3, -0.25) is 14.4 Å². The van der Waals surface area contributed by atoms with Gasteiger partial charge in [-0.15, -0.1) is 0 Å². The number of hydrogen-bond acceptors (Lipinski definition) is 3. The fourth-order valence-electron chi connectivity index (χ4n) is 3.60. The molecule has 2 aliphatic heterocycles. The minimum Gasteiger partial charge on any atom is -0.481 e. The summed E-state index contributed by atoms with van der Waals surface area (Å²) < 4.78 is 0. The van der Waals surface area contributed by atoms with Crippen molar-refractivity contribution < 1.29 is 19.5 Å². The zero-order valence-corrected chi connectivity index (χ0v) is 13.8. The number of aryl methyl sites for hydroxylation is 1. The lowest BCUT2D eigenvalue weighted by Gasteiger charge is -2.22. The van der Waals surface area contributed by atoms with Crippen LogP contribution in [-0.4, -0.2) is 47.4 Å². The summed E-state index contributed by atoms with van der Waals surface area (Å²) in [7, 11) is 0. The van der Waals surface area contributed by atoms with E-state index in [-0.39, 0.29) is 30.7 Å². The Bertz CT molecular complexity index is 673. The van der Waals surface area contributed by atoms with Gasteiger partial charge in [-0.25, -0.2) is 0 Å². The lowest BCUT2D eigenvalue weighted by Crippen LogP contribution is -2.36. The van der Waals surface area contributed by atoms with Gasteiger partial charge in [0, 0.05) is 31.7 Å². The number of carbonyl (C=O) groups is 3. The van der Waals surface area contributed by atoms with Gasteiger partial charge in [0.25, 0.3) is 0 Å². The van der Waals surface area contributed by atoms with E-state index >= 15 is 0 Å². The molecule has 2 aliphatic rings. The third-order valence-corrected chi connectivity index (χ3v) is 4.99. The van der Waals surface area contributed by atoms with Crippen molar-refractivity contribution in [3.05, 3.63) is 29.8 Å². The van der Waals surface area contributed by atoms with Crippen LogP contribution in [0.3, 0.4) is 0 Å². The zero-order valence-electron chi connectivity index (χ0n) is 13.8. The van der Waals surface area contributed by atoms with E-state index in [1.807, 2.05) is 31.2 Å². The van der Waals surface area contributed by atoms with Crippen molar-refractivity contribution in [2.45, 2.75) is 26.2 Å². The van der Waals surface area contributed by atoms with E-state index in [1.165, 1.54) is 0 Å². The minimum atomic E-state index is -0.855. The van der Waals surface area contributed by atoms with Gasteiger partial charge in [-0.05, 0) is 24.5 Å². The highest BCUT2D eigenvalue weighted by molar-refractivity contribution is 6.01. The summed E-state index contributed by atoms with van der Waals surface area (Å²) >= 11 is 0. The Labute approximate surface area is 141 Å². The van der Waals surface area contributed by atoms with Crippen molar-refractivity contribution in [3.63, 3.8) is 0 Å². The highest BCUT2D eigenvalue weighted by Crippen LogP contribution is 2.30. The molecule has 128 valence electrons. The molecule has 1 N–H and O–H groups in total. The Morgan fingerprint density at radius 2 is 1.96 bits per heavy atom. The van der Waals surface area contributed by atoms with Crippen LogP contribution in [0.5, 0.6) is 0 Å². The Kier molecular flexibility index (Phi) is 4.55. The Balaban J connectivity index is 1.71. The second-order valence-electron chi connectivity index (χ2n) is 6.50. The van der Waals surface area contributed by atoms with Gasteiger partial charge < -0.3 is 14.9 Å². The molecule has 0 spiro atoms. The first kappa shape index (κ1) is 16.5. The molecule has 0 saturated carbocycles. The highest BCUT2D eigenvalue weighted by Gasteiger charge is 2.40. The number of anilines is 1. The summed E-state index contributed by atoms with van der Waals surface area (Å²) in [6, 6.07) is 7.76. The Morgan fingerprint density at radius 1 is 1.21 bits per heavy atom. The number of carbonyl (C=O) groups excluding carboxylic acids is 2. The Hall–Kier alpha value is -2.37. The molecule has 0 bridgehead atoms. The van der Waals surface area contributed by atoms with Crippen molar-refractivity contribution in [2.75, 3.05) is 24.5 Å². The predicted octanol–water partition coefficient (Wildman–Crippen LogP) is 1.53. The van der Waals surface area contributed by atoms with E-state index in [0.29, 0.717) is 19.5 Å². The molecule has 0 aromatic heterocycles. The molecule has 6 heteroatoms. The molecule has 2 heterocycles. The van der Waals surface area contributed by atoms with E-state index in [9.17, 15) is 14.4 Å². The van der Waals surface area contributed by atoms with Crippen molar-refractivity contribution in [2.24, 2.45) is 11.8 Å². The zero-order chi connectivity index (χ0) is 17.3. The van der Waals surface area contributed by atoms with Gasteiger partial charge >= 0.3 is 5.97 Å². The van der Waals surface area contributed by atoms with Crippen LogP contribution in [0.25, 0.3) is 0 Å². The number of nitrogens with zero attached hydrogens (tertiary/aromatic N) is 2. The fourth-order valence-corrected chi connectivity index (χ4v) is 3.60. The van der Waals surface area contributed by atoms with Crippen LogP contribution in [0, 0.1) is 11.8 Å². The molecule has 2 amide bonds. The molecule has 24 heavy (non-hydrogen) atoms.